The maximum absolute atomic E-state index is 10.6. The zero-order valence-corrected chi connectivity index (χ0v) is 9.35. The molecule has 0 bridgehead atoms. The standard InChI is InChI=1S/C11H17NO4/c1-2-3-6-12(7-8-13)10-5-4-9(16-10)11(14)15/h4-5,13H,2-3,6-8H2,1H3,(H,14,15). The van der Waals surface area contributed by atoms with Crippen molar-refractivity contribution in [1.29, 1.82) is 0 Å². The molecule has 16 heavy (non-hydrogen) atoms. The van der Waals surface area contributed by atoms with Crippen LogP contribution in [0.15, 0.2) is 16.5 Å². The number of carboxylic acids is 1. The highest BCUT2D eigenvalue weighted by atomic mass is 16.4. The lowest BCUT2D eigenvalue weighted by Crippen LogP contribution is -2.27. The van der Waals surface area contributed by atoms with E-state index in [0.717, 1.165) is 19.4 Å². The maximum Gasteiger partial charge on any atom is 0.371 e. The molecule has 1 heterocycles. The van der Waals surface area contributed by atoms with Gasteiger partial charge in [0.25, 0.3) is 0 Å². The highest BCUT2D eigenvalue weighted by Gasteiger charge is 2.13. The minimum Gasteiger partial charge on any atom is -0.475 e. The summed E-state index contributed by atoms with van der Waals surface area (Å²) in [7, 11) is 0. The van der Waals surface area contributed by atoms with Crippen molar-refractivity contribution in [1.82, 2.24) is 0 Å². The molecule has 0 aromatic carbocycles. The quantitative estimate of drug-likeness (QED) is 0.739. The van der Waals surface area contributed by atoms with Crippen LogP contribution < -0.4 is 4.90 Å². The summed E-state index contributed by atoms with van der Waals surface area (Å²) in [5.41, 5.74) is 0. The molecule has 1 aromatic rings. The van der Waals surface area contributed by atoms with E-state index in [1.54, 1.807) is 6.07 Å². The molecule has 1 aromatic heterocycles. The zero-order chi connectivity index (χ0) is 12.0. The summed E-state index contributed by atoms with van der Waals surface area (Å²) in [5.74, 6) is -0.653. The molecule has 90 valence electrons. The van der Waals surface area contributed by atoms with Gasteiger partial charge in [-0.25, -0.2) is 4.79 Å². The van der Waals surface area contributed by atoms with Crippen molar-refractivity contribution in [3.8, 4) is 0 Å². The van der Waals surface area contributed by atoms with Gasteiger partial charge in [-0.3, -0.25) is 0 Å². The van der Waals surface area contributed by atoms with E-state index in [-0.39, 0.29) is 12.4 Å². The Balaban J connectivity index is 2.71. The van der Waals surface area contributed by atoms with Crippen molar-refractivity contribution in [2.45, 2.75) is 19.8 Å². The Kier molecular flexibility index (Phi) is 4.85. The Morgan fingerprint density at radius 2 is 2.19 bits per heavy atom. The first-order chi connectivity index (χ1) is 7.69. The van der Waals surface area contributed by atoms with Crippen molar-refractivity contribution >= 4 is 11.9 Å². The molecular formula is C11H17NO4. The van der Waals surface area contributed by atoms with E-state index in [1.807, 2.05) is 4.90 Å². The number of rotatable bonds is 7. The number of aliphatic hydroxyl groups is 1. The van der Waals surface area contributed by atoms with Gasteiger partial charge in [0, 0.05) is 19.2 Å². The lowest BCUT2D eigenvalue weighted by atomic mass is 10.3. The van der Waals surface area contributed by atoms with E-state index < -0.39 is 5.97 Å². The Morgan fingerprint density at radius 3 is 2.69 bits per heavy atom. The molecule has 0 aliphatic carbocycles. The Labute approximate surface area is 94.3 Å². The average molecular weight is 227 g/mol. The van der Waals surface area contributed by atoms with E-state index in [9.17, 15) is 4.79 Å². The summed E-state index contributed by atoms with van der Waals surface area (Å²) in [5, 5.41) is 17.6. The number of aromatic carboxylic acids is 1. The Morgan fingerprint density at radius 1 is 1.44 bits per heavy atom. The minimum absolute atomic E-state index is 0.0207. The van der Waals surface area contributed by atoms with Crippen molar-refractivity contribution in [3.05, 3.63) is 17.9 Å². The molecular weight excluding hydrogens is 210 g/mol. The highest BCUT2D eigenvalue weighted by molar-refractivity contribution is 5.84. The van der Waals surface area contributed by atoms with Crippen LogP contribution in [0.1, 0.15) is 30.3 Å². The van der Waals surface area contributed by atoms with Gasteiger partial charge < -0.3 is 19.5 Å². The second-order valence-corrected chi connectivity index (χ2v) is 3.51. The summed E-state index contributed by atoms with van der Waals surface area (Å²) in [6.07, 6.45) is 2.01. The van der Waals surface area contributed by atoms with Gasteiger partial charge >= 0.3 is 5.97 Å². The minimum atomic E-state index is -1.08. The molecule has 0 fully saturated rings. The Hall–Kier alpha value is -1.49. The van der Waals surface area contributed by atoms with Gasteiger partial charge in [0.1, 0.15) is 0 Å². The molecule has 2 N–H and O–H groups in total. The molecule has 0 spiro atoms. The SMILES string of the molecule is CCCCN(CCO)c1ccc(C(=O)O)o1. The van der Waals surface area contributed by atoms with Crippen molar-refractivity contribution in [2.24, 2.45) is 0 Å². The molecule has 0 aliphatic heterocycles. The van der Waals surface area contributed by atoms with Crippen LogP contribution >= 0.6 is 0 Å². The molecule has 5 heteroatoms. The third-order valence-electron chi connectivity index (χ3n) is 2.27. The average Bonchev–Trinajstić information content (AvgIpc) is 2.73. The first-order valence-corrected chi connectivity index (χ1v) is 5.38. The topological polar surface area (TPSA) is 73.9 Å². The summed E-state index contributed by atoms with van der Waals surface area (Å²) in [6.45, 7) is 3.30. The zero-order valence-electron chi connectivity index (χ0n) is 9.35. The smallest absolute Gasteiger partial charge is 0.371 e. The number of anilines is 1. The van der Waals surface area contributed by atoms with E-state index >= 15 is 0 Å². The fraction of sp³-hybridized carbons (Fsp3) is 0.545. The van der Waals surface area contributed by atoms with Crippen LogP contribution in [0, 0.1) is 0 Å². The van der Waals surface area contributed by atoms with Crippen molar-refractivity contribution in [2.75, 3.05) is 24.6 Å². The number of hydrogen-bond donors (Lipinski definition) is 2. The lowest BCUT2D eigenvalue weighted by Gasteiger charge is -2.20. The molecule has 0 amide bonds. The van der Waals surface area contributed by atoms with Crippen molar-refractivity contribution < 1.29 is 19.4 Å². The van der Waals surface area contributed by atoms with Gasteiger partial charge in [-0.1, -0.05) is 13.3 Å². The summed E-state index contributed by atoms with van der Waals surface area (Å²) >= 11 is 0. The number of furan rings is 1. The van der Waals surface area contributed by atoms with Gasteiger partial charge in [0.15, 0.2) is 5.88 Å². The number of carboxylic acid groups (broad SMARTS) is 1. The van der Waals surface area contributed by atoms with Gasteiger partial charge in [-0.15, -0.1) is 0 Å². The van der Waals surface area contributed by atoms with Gasteiger partial charge in [-0.05, 0) is 12.5 Å². The molecule has 0 unspecified atom stereocenters. The number of aliphatic hydroxyl groups excluding tert-OH is 1. The molecule has 1 rings (SSSR count). The molecule has 0 atom stereocenters. The fourth-order valence-corrected chi connectivity index (χ4v) is 1.41. The number of nitrogens with zero attached hydrogens (tertiary/aromatic N) is 1. The number of carbonyl (C=O) groups is 1. The van der Waals surface area contributed by atoms with Crippen molar-refractivity contribution in [3.63, 3.8) is 0 Å². The number of hydrogen-bond acceptors (Lipinski definition) is 4. The predicted octanol–water partition coefficient (Wildman–Crippen LogP) is 1.58. The summed E-state index contributed by atoms with van der Waals surface area (Å²) in [6, 6.07) is 3.04. The van der Waals surface area contributed by atoms with Crippen LogP contribution in [-0.4, -0.2) is 35.9 Å². The van der Waals surface area contributed by atoms with E-state index in [4.69, 9.17) is 14.6 Å². The molecule has 0 radical (unpaired) electrons. The normalized spacial score (nSPS) is 10.4. The monoisotopic (exact) mass is 227 g/mol. The van der Waals surface area contributed by atoms with E-state index in [0.29, 0.717) is 12.4 Å². The molecule has 5 nitrogen and oxygen atoms in total. The fourth-order valence-electron chi connectivity index (χ4n) is 1.41. The first kappa shape index (κ1) is 12.6. The largest absolute Gasteiger partial charge is 0.475 e. The molecule has 0 saturated heterocycles. The third-order valence-corrected chi connectivity index (χ3v) is 2.27. The Bertz CT molecular complexity index is 334. The lowest BCUT2D eigenvalue weighted by molar-refractivity contribution is 0.0663. The van der Waals surface area contributed by atoms with E-state index in [1.165, 1.54) is 6.07 Å². The molecule has 0 aliphatic rings. The van der Waals surface area contributed by atoms with Gasteiger partial charge in [-0.2, -0.15) is 0 Å². The maximum atomic E-state index is 10.6. The third kappa shape index (κ3) is 3.27. The van der Waals surface area contributed by atoms with Gasteiger partial charge in [0.2, 0.25) is 5.76 Å². The van der Waals surface area contributed by atoms with Crippen LogP contribution in [0.5, 0.6) is 0 Å². The summed E-state index contributed by atoms with van der Waals surface area (Å²) < 4.78 is 5.17. The second kappa shape index (κ2) is 6.17. The second-order valence-electron chi connectivity index (χ2n) is 3.51. The van der Waals surface area contributed by atoms with Gasteiger partial charge in [0.05, 0.1) is 6.61 Å². The van der Waals surface area contributed by atoms with Crippen LogP contribution in [0.3, 0.4) is 0 Å². The summed E-state index contributed by atoms with van der Waals surface area (Å²) in [4.78, 5) is 12.5. The van der Waals surface area contributed by atoms with Crippen LogP contribution in [0.2, 0.25) is 0 Å². The predicted molar refractivity (Wildman–Crippen MR) is 59.9 cm³/mol. The van der Waals surface area contributed by atoms with Crippen LogP contribution in [0.25, 0.3) is 0 Å². The first-order valence-electron chi connectivity index (χ1n) is 5.38. The number of unbranched alkanes of at least 4 members (excludes halogenated alkanes) is 1. The highest BCUT2D eigenvalue weighted by Crippen LogP contribution is 2.18. The molecule has 0 saturated carbocycles. The van der Waals surface area contributed by atoms with Crippen LogP contribution in [0.4, 0.5) is 5.88 Å². The van der Waals surface area contributed by atoms with E-state index in [2.05, 4.69) is 6.92 Å². The van der Waals surface area contributed by atoms with Crippen LogP contribution in [-0.2, 0) is 0 Å².